The molecule has 0 saturated heterocycles. The molecule has 2 aliphatic rings. The van der Waals surface area contributed by atoms with Crippen LogP contribution in [0.25, 0.3) is 0 Å². The lowest BCUT2D eigenvalue weighted by Gasteiger charge is -2.56. The Kier molecular flexibility index (Phi) is 6.39. The molecular weight excluding hydrogens is 411 g/mol. The molecule has 2 fully saturated rings. The van der Waals surface area contributed by atoms with Crippen LogP contribution >= 0.6 is 22.6 Å². The molecule has 0 aromatic heterocycles. The molecule has 0 amide bonds. The fraction of sp³-hybridized carbons (Fsp3) is 1.00. The van der Waals surface area contributed by atoms with Gasteiger partial charge in [-0.2, -0.15) is 0 Å². The summed E-state index contributed by atoms with van der Waals surface area (Å²) in [6.45, 7) is 17.1. The molecule has 3 heteroatoms. The Balaban J connectivity index is 2.21. The molecule has 2 rings (SSSR count). The summed E-state index contributed by atoms with van der Waals surface area (Å²) < 4.78 is 8.28. The fourth-order valence-corrected chi connectivity index (χ4v) is 7.10. The first-order valence-electron chi connectivity index (χ1n) is 9.77. The van der Waals surface area contributed by atoms with Crippen LogP contribution < -0.4 is 0 Å². The van der Waals surface area contributed by atoms with Crippen molar-refractivity contribution in [2.75, 3.05) is 4.43 Å². The van der Waals surface area contributed by atoms with E-state index >= 15 is 0 Å². The van der Waals surface area contributed by atoms with E-state index in [0.29, 0.717) is 16.6 Å². The Morgan fingerprint density at radius 1 is 1.17 bits per heavy atom. The Hall–Kier alpha value is 0.907. The molecule has 136 valence electrons. The minimum absolute atomic E-state index is 0.324. The first-order chi connectivity index (χ1) is 10.5. The summed E-state index contributed by atoms with van der Waals surface area (Å²) in [4.78, 5) is 0. The molecule has 0 aromatic carbocycles. The average Bonchev–Trinajstić information content (AvgIpc) is 2.44. The number of hydrogen-bond donors (Lipinski definition) is 0. The van der Waals surface area contributed by atoms with Crippen LogP contribution in [-0.2, 0) is 4.43 Å². The number of hydrogen-bond acceptors (Lipinski definition) is 1. The third-order valence-electron chi connectivity index (χ3n) is 7.56. The highest BCUT2D eigenvalue weighted by atomic mass is 127. The summed E-state index contributed by atoms with van der Waals surface area (Å²) in [6, 6.07) is 0. The summed E-state index contributed by atoms with van der Waals surface area (Å²) in [5.41, 5.74) is 0.522. The van der Waals surface area contributed by atoms with Crippen molar-refractivity contribution in [1.29, 1.82) is 0 Å². The van der Waals surface area contributed by atoms with E-state index in [-0.39, 0.29) is 0 Å². The molecule has 0 spiro atoms. The van der Waals surface area contributed by atoms with Gasteiger partial charge in [0.2, 0.25) is 0 Å². The van der Waals surface area contributed by atoms with Crippen LogP contribution in [-0.4, -0.2) is 18.8 Å². The van der Waals surface area contributed by atoms with Crippen LogP contribution in [0.4, 0.5) is 0 Å². The predicted molar refractivity (Wildman–Crippen MR) is 113 cm³/mol. The Bertz CT molecular complexity index is 403. The summed E-state index contributed by atoms with van der Waals surface area (Å²) in [5.74, 6) is 2.56. The van der Waals surface area contributed by atoms with E-state index in [1.807, 2.05) is 0 Å². The van der Waals surface area contributed by atoms with Gasteiger partial charge >= 0.3 is 0 Å². The second kappa shape index (κ2) is 7.26. The van der Waals surface area contributed by atoms with E-state index in [0.717, 1.165) is 17.8 Å². The van der Waals surface area contributed by atoms with E-state index in [2.05, 4.69) is 70.3 Å². The maximum absolute atomic E-state index is 6.98. The van der Waals surface area contributed by atoms with E-state index in [9.17, 15) is 0 Å². The molecule has 0 bridgehead atoms. The molecule has 0 heterocycles. The summed E-state index contributed by atoms with van der Waals surface area (Å²) in [7, 11) is -1.66. The standard InChI is InChI=1S/C20H39IOSi/c1-15(14-21)16-10-8-11-17-18(12-9-13-20(16,17)5)22-23(6,7)19(2,3)4/h15-18H,8-14H2,1-7H3/t15-,16-,17+,18+,20-/m1/s1. The van der Waals surface area contributed by atoms with E-state index in [1.54, 1.807) is 0 Å². The SMILES string of the molecule is C[C@H](CI)[C@H]1CCC[C@H]2[C@@H](O[Si](C)(C)C(C)(C)C)CCC[C@]12C. The highest BCUT2D eigenvalue weighted by Gasteiger charge is 2.52. The van der Waals surface area contributed by atoms with Gasteiger partial charge in [0, 0.05) is 10.5 Å². The molecule has 0 radical (unpaired) electrons. The van der Waals surface area contributed by atoms with Crippen molar-refractivity contribution in [2.45, 2.75) is 97.4 Å². The fourth-order valence-electron chi connectivity index (χ4n) is 5.10. The normalized spacial score (nSPS) is 37.3. The smallest absolute Gasteiger partial charge is 0.192 e. The van der Waals surface area contributed by atoms with Gasteiger partial charge in [-0.1, -0.05) is 70.1 Å². The molecule has 2 aliphatic carbocycles. The van der Waals surface area contributed by atoms with Crippen LogP contribution in [0.5, 0.6) is 0 Å². The zero-order valence-electron chi connectivity index (χ0n) is 16.5. The highest BCUT2D eigenvalue weighted by molar-refractivity contribution is 14.1. The first-order valence-corrected chi connectivity index (χ1v) is 14.2. The van der Waals surface area contributed by atoms with E-state index in [1.165, 1.54) is 43.0 Å². The average molecular weight is 451 g/mol. The third-order valence-corrected chi connectivity index (χ3v) is 13.5. The van der Waals surface area contributed by atoms with Crippen LogP contribution in [0.3, 0.4) is 0 Å². The Morgan fingerprint density at radius 3 is 2.39 bits per heavy atom. The second-order valence-electron chi connectivity index (χ2n) is 10.1. The van der Waals surface area contributed by atoms with Crippen molar-refractivity contribution in [3.63, 3.8) is 0 Å². The zero-order valence-corrected chi connectivity index (χ0v) is 19.7. The minimum Gasteiger partial charge on any atom is -0.414 e. The van der Waals surface area contributed by atoms with Crippen molar-refractivity contribution in [3.05, 3.63) is 0 Å². The minimum atomic E-state index is -1.66. The van der Waals surface area contributed by atoms with Crippen LogP contribution in [0.15, 0.2) is 0 Å². The topological polar surface area (TPSA) is 9.23 Å². The van der Waals surface area contributed by atoms with Crippen molar-refractivity contribution in [3.8, 4) is 0 Å². The molecule has 0 N–H and O–H groups in total. The van der Waals surface area contributed by atoms with Crippen LogP contribution in [0.1, 0.15) is 73.1 Å². The van der Waals surface area contributed by atoms with Gasteiger partial charge in [0.1, 0.15) is 0 Å². The van der Waals surface area contributed by atoms with Crippen molar-refractivity contribution in [1.82, 2.24) is 0 Å². The van der Waals surface area contributed by atoms with Crippen molar-refractivity contribution >= 4 is 30.9 Å². The number of fused-ring (bicyclic) bond motifs is 1. The van der Waals surface area contributed by atoms with Gasteiger partial charge < -0.3 is 4.43 Å². The van der Waals surface area contributed by atoms with Gasteiger partial charge in [-0.15, -0.1) is 0 Å². The van der Waals surface area contributed by atoms with Gasteiger partial charge in [-0.25, -0.2) is 0 Å². The summed E-state index contributed by atoms with van der Waals surface area (Å²) in [6.07, 6.45) is 8.90. The molecule has 0 aliphatic heterocycles. The Labute approximate surface area is 160 Å². The largest absolute Gasteiger partial charge is 0.414 e. The number of halogens is 1. The van der Waals surface area contributed by atoms with E-state index < -0.39 is 8.32 Å². The Morgan fingerprint density at radius 2 is 1.83 bits per heavy atom. The maximum atomic E-state index is 6.98. The number of rotatable bonds is 4. The van der Waals surface area contributed by atoms with Gasteiger partial charge in [-0.05, 0) is 67.0 Å². The van der Waals surface area contributed by atoms with E-state index in [4.69, 9.17) is 4.43 Å². The molecular formula is C20H39IOSi. The highest BCUT2D eigenvalue weighted by Crippen LogP contribution is 2.57. The van der Waals surface area contributed by atoms with Crippen LogP contribution in [0, 0.1) is 23.2 Å². The molecule has 1 nitrogen and oxygen atoms in total. The maximum Gasteiger partial charge on any atom is 0.192 e. The second-order valence-corrected chi connectivity index (χ2v) is 15.7. The van der Waals surface area contributed by atoms with Gasteiger partial charge in [0.25, 0.3) is 0 Å². The first kappa shape index (κ1) is 20.2. The monoisotopic (exact) mass is 450 g/mol. The lowest BCUT2D eigenvalue weighted by atomic mass is 9.52. The van der Waals surface area contributed by atoms with Crippen molar-refractivity contribution in [2.24, 2.45) is 23.2 Å². The van der Waals surface area contributed by atoms with Crippen LogP contribution in [0.2, 0.25) is 18.1 Å². The summed E-state index contributed by atoms with van der Waals surface area (Å²) >= 11 is 2.60. The lowest BCUT2D eigenvalue weighted by Crippen LogP contribution is -2.54. The molecule has 5 atom stereocenters. The lowest BCUT2D eigenvalue weighted by molar-refractivity contribution is -0.0837. The van der Waals surface area contributed by atoms with Gasteiger partial charge in [0.05, 0.1) is 0 Å². The quantitative estimate of drug-likeness (QED) is 0.253. The van der Waals surface area contributed by atoms with Crippen molar-refractivity contribution < 1.29 is 4.43 Å². The summed E-state index contributed by atoms with van der Waals surface area (Å²) in [5, 5.41) is 0.324. The molecule has 2 saturated carbocycles. The third kappa shape index (κ3) is 4.02. The molecule has 23 heavy (non-hydrogen) atoms. The zero-order chi connectivity index (χ0) is 17.5. The molecule has 0 unspecified atom stereocenters. The number of alkyl halides is 1. The van der Waals surface area contributed by atoms with Gasteiger partial charge in [0.15, 0.2) is 8.32 Å². The molecule has 0 aromatic rings. The van der Waals surface area contributed by atoms with Gasteiger partial charge in [-0.3, -0.25) is 0 Å². The predicted octanol–water partition coefficient (Wildman–Crippen LogP) is 7.05.